The molecule has 0 saturated heterocycles. The molecule has 1 heterocycles. The van der Waals surface area contributed by atoms with Gasteiger partial charge in [0.15, 0.2) is 5.78 Å². The lowest BCUT2D eigenvalue weighted by Crippen LogP contribution is -2.38. The Morgan fingerprint density at radius 2 is 1.85 bits per heavy atom. The maximum absolute atomic E-state index is 13.3. The Balaban J connectivity index is 1.43. The average Bonchev–Trinajstić information content (AvgIpc) is 3.10. The Kier molecular flexibility index (Phi) is 10.6. The molecular formula is C33H41ClF2N2O3. The standard InChI is InChI=1S/C33H41ClF2N2O3/c1-4-33(35,36)41-17-16-37-32(40)29-15-12-26-9-8-22(2)38(21-30(26)23(29)3)20-25-7-5-6-24(18-25)19-31(39)27-10-13-28(34)14-11-27/h9-15,21-22,24-25H,4-8,16-20H2,1-3H3,(H,37,40). The number of nitrogens with zero attached hydrogens (tertiary/aromatic N) is 1. The molecule has 0 radical (unpaired) electrons. The number of hydrogen-bond acceptors (Lipinski definition) is 4. The van der Waals surface area contributed by atoms with Crippen molar-refractivity contribution in [1.82, 2.24) is 10.2 Å². The molecule has 2 aromatic rings. The Morgan fingerprint density at radius 1 is 1.12 bits per heavy atom. The number of ether oxygens (including phenoxy) is 1. The summed E-state index contributed by atoms with van der Waals surface area (Å²) in [5.41, 5.74) is 2.12. The van der Waals surface area contributed by atoms with Gasteiger partial charge < -0.3 is 15.0 Å². The van der Waals surface area contributed by atoms with Crippen molar-refractivity contribution in [2.45, 2.75) is 77.9 Å². The second-order valence-electron chi connectivity index (χ2n) is 11.5. The zero-order valence-corrected chi connectivity index (χ0v) is 25.0. The molecule has 2 aromatic carbocycles. The highest BCUT2D eigenvalue weighted by Crippen LogP contribution is 2.33. The van der Waals surface area contributed by atoms with Gasteiger partial charge in [-0.3, -0.25) is 9.59 Å². The minimum absolute atomic E-state index is 0.00726. The quantitative estimate of drug-likeness (QED) is 0.256. The van der Waals surface area contributed by atoms with Gasteiger partial charge in [0.1, 0.15) is 0 Å². The van der Waals surface area contributed by atoms with Gasteiger partial charge in [-0.2, -0.15) is 8.78 Å². The largest absolute Gasteiger partial charge is 0.374 e. The van der Waals surface area contributed by atoms with E-state index in [2.05, 4.69) is 34.2 Å². The van der Waals surface area contributed by atoms with Crippen LogP contribution in [0.3, 0.4) is 0 Å². The Labute approximate surface area is 246 Å². The highest BCUT2D eigenvalue weighted by Gasteiger charge is 2.28. The van der Waals surface area contributed by atoms with Gasteiger partial charge in [-0.25, -0.2) is 0 Å². The first-order valence-corrected chi connectivity index (χ1v) is 15.1. The molecule has 4 rings (SSSR count). The molecule has 1 N–H and O–H groups in total. The number of ketones is 1. The number of nitrogens with one attached hydrogen (secondary N) is 1. The van der Waals surface area contributed by atoms with E-state index >= 15 is 0 Å². The summed E-state index contributed by atoms with van der Waals surface area (Å²) < 4.78 is 31.2. The fourth-order valence-electron chi connectivity index (χ4n) is 5.93. The molecule has 2 aliphatic rings. The van der Waals surface area contributed by atoms with Gasteiger partial charge in [0.2, 0.25) is 0 Å². The maximum atomic E-state index is 13.3. The fourth-order valence-corrected chi connectivity index (χ4v) is 6.06. The lowest BCUT2D eigenvalue weighted by molar-refractivity contribution is -0.238. The van der Waals surface area contributed by atoms with Crippen molar-refractivity contribution in [2.75, 3.05) is 19.7 Å². The Bertz CT molecular complexity index is 1350. The van der Waals surface area contributed by atoms with Gasteiger partial charge in [0.05, 0.1) is 6.61 Å². The van der Waals surface area contributed by atoms with Crippen molar-refractivity contribution >= 4 is 35.6 Å². The van der Waals surface area contributed by atoms with Crippen molar-refractivity contribution < 1.29 is 23.1 Å². The van der Waals surface area contributed by atoms with Gasteiger partial charge >= 0.3 is 6.11 Å². The summed E-state index contributed by atoms with van der Waals surface area (Å²) in [6.07, 6.45) is 6.62. The van der Waals surface area contributed by atoms with Crippen LogP contribution >= 0.6 is 11.6 Å². The smallest absolute Gasteiger partial charge is 0.355 e. The molecule has 3 atom stereocenters. The van der Waals surface area contributed by atoms with Gasteiger partial charge in [-0.05, 0) is 92.5 Å². The molecule has 3 unspecified atom stereocenters. The number of alkyl halides is 2. The Morgan fingerprint density at radius 3 is 2.59 bits per heavy atom. The van der Waals surface area contributed by atoms with Gasteiger partial charge in [-0.15, -0.1) is 0 Å². The van der Waals surface area contributed by atoms with Crippen LogP contribution in [0.2, 0.25) is 5.02 Å². The van der Waals surface area contributed by atoms with Crippen molar-refractivity contribution in [3.8, 4) is 0 Å². The first-order chi connectivity index (χ1) is 19.6. The predicted molar refractivity (Wildman–Crippen MR) is 160 cm³/mol. The third kappa shape index (κ3) is 8.39. The number of benzene rings is 2. The van der Waals surface area contributed by atoms with Crippen molar-refractivity contribution in [3.63, 3.8) is 0 Å². The number of halogens is 3. The molecule has 1 fully saturated rings. The topological polar surface area (TPSA) is 58.6 Å². The molecule has 5 nitrogen and oxygen atoms in total. The lowest BCUT2D eigenvalue weighted by atomic mass is 9.78. The van der Waals surface area contributed by atoms with E-state index in [9.17, 15) is 18.4 Å². The minimum Gasteiger partial charge on any atom is -0.374 e. The number of carbonyl (C=O) groups is 2. The van der Waals surface area contributed by atoms with Crippen LogP contribution in [0.25, 0.3) is 12.3 Å². The van der Waals surface area contributed by atoms with Crippen LogP contribution in [0.5, 0.6) is 0 Å². The number of Topliss-reactive ketones (excluding diaryl/α,β-unsaturated/α-hetero) is 1. The van der Waals surface area contributed by atoms with Crippen molar-refractivity contribution in [3.05, 3.63) is 68.5 Å². The molecule has 222 valence electrons. The summed E-state index contributed by atoms with van der Waals surface area (Å²) in [6, 6.07) is 11.2. The SMILES string of the molecule is CCC(F)(F)OCCNC(=O)c1ccc2c(c1C)=CN(CC1CCCC(CC(=O)c3ccc(Cl)cc3)C1)C(C)CC=2. The molecule has 41 heavy (non-hydrogen) atoms. The maximum Gasteiger partial charge on any atom is 0.355 e. The molecule has 0 aromatic heterocycles. The molecular weight excluding hydrogens is 546 g/mol. The summed E-state index contributed by atoms with van der Waals surface area (Å²) in [5.74, 6) is 0.737. The van der Waals surface area contributed by atoms with Crippen LogP contribution in [0, 0.1) is 18.8 Å². The second-order valence-corrected chi connectivity index (χ2v) is 11.9. The van der Waals surface area contributed by atoms with E-state index < -0.39 is 12.5 Å². The fraction of sp³-hybridized carbons (Fsp3) is 0.515. The van der Waals surface area contributed by atoms with E-state index in [0.717, 1.165) is 60.2 Å². The van der Waals surface area contributed by atoms with Gasteiger partial charge in [-0.1, -0.05) is 37.1 Å². The van der Waals surface area contributed by atoms with E-state index in [-0.39, 0.29) is 24.8 Å². The zero-order valence-electron chi connectivity index (χ0n) is 24.2. The van der Waals surface area contributed by atoms with Crippen molar-refractivity contribution in [2.24, 2.45) is 11.8 Å². The van der Waals surface area contributed by atoms with Crippen LogP contribution in [-0.2, 0) is 4.74 Å². The third-order valence-electron chi connectivity index (χ3n) is 8.45. The van der Waals surface area contributed by atoms with Crippen molar-refractivity contribution in [1.29, 1.82) is 0 Å². The third-order valence-corrected chi connectivity index (χ3v) is 8.70. The second kappa shape index (κ2) is 13.9. The van der Waals surface area contributed by atoms with Gasteiger partial charge in [0.25, 0.3) is 5.91 Å². The number of hydrogen-bond donors (Lipinski definition) is 1. The molecule has 1 aliphatic heterocycles. The molecule has 1 aliphatic carbocycles. The highest BCUT2D eigenvalue weighted by molar-refractivity contribution is 6.30. The molecule has 0 spiro atoms. The zero-order chi connectivity index (χ0) is 29.6. The summed E-state index contributed by atoms with van der Waals surface area (Å²) >= 11 is 5.98. The average molecular weight is 587 g/mol. The van der Waals surface area contributed by atoms with E-state index in [0.29, 0.717) is 34.9 Å². The molecule has 8 heteroatoms. The highest BCUT2D eigenvalue weighted by atomic mass is 35.5. The number of rotatable bonds is 11. The number of carbonyl (C=O) groups excluding carboxylic acids is 2. The summed E-state index contributed by atoms with van der Waals surface area (Å²) in [7, 11) is 0. The Hall–Kier alpha value is -2.77. The van der Waals surface area contributed by atoms with Crippen LogP contribution in [0.1, 0.15) is 85.1 Å². The van der Waals surface area contributed by atoms with Crippen LogP contribution < -0.4 is 15.8 Å². The summed E-state index contributed by atoms with van der Waals surface area (Å²) in [5, 5.41) is 5.45. The lowest BCUT2D eigenvalue weighted by Gasteiger charge is -2.35. The van der Waals surface area contributed by atoms with E-state index in [1.54, 1.807) is 18.2 Å². The first-order valence-electron chi connectivity index (χ1n) is 14.7. The minimum atomic E-state index is -3.18. The summed E-state index contributed by atoms with van der Waals surface area (Å²) in [4.78, 5) is 28.2. The van der Waals surface area contributed by atoms with Gasteiger partial charge in [0, 0.05) is 59.5 Å². The number of amides is 1. The first kappa shape index (κ1) is 31.2. The van der Waals surface area contributed by atoms with Crippen LogP contribution in [-0.4, -0.2) is 48.4 Å². The van der Waals surface area contributed by atoms with E-state index in [1.807, 2.05) is 25.1 Å². The number of fused-ring (bicyclic) bond motifs is 1. The summed E-state index contributed by atoms with van der Waals surface area (Å²) in [6.45, 7) is 6.17. The van der Waals surface area contributed by atoms with E-state index in [4.69, 9.17) is 11.6 Å². The monoisotopic (exact) mass is 586 g/mol. The van der Waals surface area contributed by atoms with Crippen LogP contribution in [0.15, 0.2) is 36.4 Å². The normalized spacial score (nSPS) is 20.8. The molecule has 1 amide bonds. The molecule has 1 saturated carbocycles. The molecule has 0 bridgehead atoms. The van der Waals surface area contributed by atoms with Crippen LogP contribution in [0.4, 0.5) is 8.78 Å². The predicted octanol–water partition coefficient (Wildman–Crippen LogP) is 6.09. The van der Waals surface area contributed by atoms with E-state index in [1.165, 1.54) is 6.92 Å².